The number of hydrogen-bond donors (Lipinski definition) is 0. The summed E-state index contributed by atoms with van der Waals surface area (Å²) in [7, 11) is 2.08. The minimum atomic E-state index is 0.311. The quantitative estimate of drug-likeness (QED) is 0.843. The van der Waals surface area contributed by atoms with Crippen LogP contribution in [0.15, 0.2) is 18.5 Å². The van der Waals surface area contributed by atoms with Gasteiger partial charge >= 0.3 is 0 Å². The van der Waals surface area contributed by atoms with Gasteiger partial charge in [-0.3, -0.25) is 4.79 Å². The number of carbonyl (C=O) groups is 1. The fourth-order valence-electron chi connectivity index (χ4n) is 4.65. The van der Waals surface area contributed by atoms with Crippen molar-refractivity contribution in [3.05, 3.63) is 29.6 Å². The molecule has 1 saturated heterocycles. The summed E-state index contributed by atoms with van der Waals surface area (Å²) in [4.78, 5) is 19.3. The van der Waals surface area contributed by atoms with Crippen molar-refractivity contribution in [3.63, 3.8) is 0 Å². The topological polar surface area (TPSA) is 38.1 Å². The Labute approximate surface area is 143 Å². The number of rotatable bonds is 2. The molecule has 0 radical (unpaired) electrons. The fourth-order valence-corrected chi connectivity index (χ4v) is 4.65. The van der Waals surface area contributed by atoms with Gasteiger partial charge in [0.1, 0.15) is 5.65 Å². The Balaban J connectivity index is 1.51. The molecule has 128 valence electrons. The molecule has 1 saturated carbocycles. The maximum Gasteiger partial charge on any atom is 0.225 e. The predicted molar refractivity (Wildman–Crippen MR) is 96.0 cm³/mol. The molecule has 0 N–H and O–H groups in total. The minimum Gasteiger partial charge on any atom is -0.342 e. The predicted octanol–water partition coefficient (Wildman–Crippen LogP) is 3.78. The van der Waals surface area contributed by atoms with E-state index in [2.05, 4.69) is 40.7 Å². The van der Waals surface area contributed by atoms with E-state index in [0.717, 1.165) is 44.4 Å². The summed E-state index contributed by atoms with van der Waals surface area (Å²) >= 11 is 0. The second-order valence-electron chi connectivity index (χ2n) is 7.60. The van der Waals surface area contributed by atoms with Crippen LogP contribution >= 0.6 is 0 Å². The van der Waals surface area contributed by atoms with Gasteiger partial charge in [0.2, 0.25) is 5.91 Å². The van der Waals surface area contributed by atoms with E-state index in [1.807, 2.05) is 6.20 Å². The maximum absolute atomic E-state index is 12.6. The lowest BCUT2D eigenvalue weighted by molar-refractivity contribution is -0.136. The number of aryl methyl sites for hydroxylation is 2. The Morgan fingerprint density at radius 2 is 1.88 bits per heavy atom. The molecule has 1 aliphatic heterocycles. The van der Waals surface area contributed by atoms with E-state index >= 15 is 0 Å². The van der Waals surface area contributed by atoms with Gasteiger partial charge < -0.3 is 9.47 Å². The van der Waals surface area contributed by atoms with E-state index < -0.39 is 0 Å². The van der Waals surface area contributed by atoms with Crippen molar-refractivity contribution in [3.8, 4) is 0 Å². The smallest absolute Gasteiger partial charge is 0.225 e. The van der Waals surface area contributed by atoms with Crippen LogP contribution in [0.4, 0.5) is 0 Å². The first-order chi connectivity index (χ1) is 11.6. The molecular formula is C20H27N3O. The Bertz CT molecular complexity index is 750. The number of likely N-dealkylation sites (tertiary alicyclic amines) is 1. The monoisotopic (exact) mass is 325 g/mol. The number of amides is 1. The summed E-state index contributed by atoms with van der Waals surface area (Å²) in [5.41, 5.74) is 3.81. The summed E-state index contributed by atoms with van der Waals surface area (Å²) in [5.74, 6) is 1.27. The largest absolute Gasteiger partial charge is 0.342 e. The molecule has 0 bridgehead atoms. The summed E-state index contributed by atoms with van der Waals surface area (Å²) in [6.07, 6.45) is 11.0. The lowest BCUT2D eigenvalue weighted by atomic mass is 9.88. The van der Waals surface area contributed by atoms with Gasteiger partial charge in [-0.25, -0.2) is 4.98 Å². The van der Waals surface area contributed by atoms with Gasteiger partial charge in [-0.2, -0.15) is 0 Å². The average Bonchev–Trinajstić information content (AvgIpc) is 3.24. The molecule has 0 aromatic carbocycles. The molecule has 3 heterocycles. The lowest BCUT2D eigenvalue weighted by Crippen LogP contribution is -2.40. The second-order valence-corrected chi connectivity index (χ2v) is 7.60. The lowest BCUT2D eigenvalue weighted by Gasteiger charge is -2.33. The van der Waals surface area contributed by atoms with Crippen molar-refractivity contribution in [1.29, 1.82) is 0 Å². The van der Waals surface area contributed by atoms with Crippen molar-refractivity contribution >= 4 is 16.9 Å². The second kappa shape index (κ2) is 6.23. The van der Waals surface area contributed by atoms with Gasteiger partial charge in [-0.15, -0.1) is 0 Å². The van der Waals surface area contributed by atoms with Crippen LogP contribution in [-0.2, 0) is 11.8 Å². The zero-order valence-electron chi connectivity index (χ0n) is 14.8. The van der Waals surface area contributed by atoms with Crippen molar-refractivity contribution in [2.45, 2.75) is 51.4 Å². The van der Waals surface area contributed by atoms with E-state index in [1.54, 1.807) is 0 Å². The number of piperidine rings is 1. The fraction of sp³-hybridized carbons (Fsp3) is 0.600. The zero-order valence-corrected chi connectivity index (χ0v) is 14.8. The minimum absolute atomic E-state index is 0.311. The first kappa shape index (κ1) is 15.7. The number of aromatic nitrogens is 2. The molecule has 2 aromatic rings. The Morgan fingerprint density at radius 1 is 1.17 bits per heavy atom. The van der Waals surface area contributed by atoms with Crippen LogP contribution < -0.4 is 0 Å². The number of nitrogens with zero attached hydrogens (tertiary/aromatic N) is 3. The third-order valence-electron chi connectivity index (χ3n) is 6.05. The standard InChI is InChI=1S/C20H27N3O/c1-14-7-10-21-19-18(14)17(13-22(19)2)15-8-11-23(12-9-15)20(24)16-5-3-4-6-16/h7,10,13,15-16H,3-6,8-9,11-12H2,1-2H3. The van der Waals surface area contributed by atoms with Crippen LogP contribution in [0.3, 0.4) is 0 Å². The summed E-state index contributed by atoms with van der Waals surface area (Å²) in [5, 5.41) is 1.32. The van der Waals surface area contributed by atoms with Gasteiger partial charge in [-0.05, 0) is 55.7 Å². The van der Waals surface area contributed by atoms with Crippen molar-refractivity contribution in [2.24, 2.45) is 13.0 Å². The number of hydrogen-bond acceptors (Lipinski definition) is 2. The van der Waals surface area contributed by atoms with Crippen molar-refractivity contribution < 1.29 is 4.79 Å². The highest BCUT2D eigenvalue weighted by Gasteiger charge is 2.31. The van der Waals surface area contributed by atoms with E-state index in [4.69, 9.17) is 0 Å². The summed E-state index contributed by atoms with van der Waals surface area (Å²) < 4.78 is 2.15. The maximum atomic E-state index is 12.6. The average molecular weight is 325 g/mol. The van der Waals surface area contributed by atoms with Crippen molar-refractivity contribution in [2.75, 3.05) is 13.1 Å². The van der Waals surface area contributed by atoms with Gasteiger partial charge in [0.05, 0.1) is 0 Å². The normalized spacial score (nSPS) is 20.2. The highest BCUT2D eigenvalue weighted by molar-refractivity contribution is 5.84. The van der Waals surface area contributed by atoms with Crippen molar-refractivity contribution in [1.82, 2.24) is 14.5 Å². The molecular weight excluding hydrogens is 298 g/mol. The Kier molecular flexibility index (Phi) is 4.07. The molecule has 0 atom stereocenters. The molecule has 4 rings (SSSR count). The van der Waals surface area contributed by atoms with E-state index in [-0.39, 0.29) is 0 Å². The van der Waals surface area contributed by atoms with Gasteiger partial charge in [0.25, 0.3) is 0 Å². The highest BCUT2D eigenvalue weighted by Crippen LogP contribution is 2.36. The van der Waals surface area contributed by atoms with Crippen LogP contribution in [0.1, 0.15) is 55.6 Å². The number of fused-ring (bicyclic) bond motifs is 1. The van der Waals surface area contributed by atoms with E-state index in [1.165, 1.54) is 29.4 Å². The molecule has 2 fully saturated rings. The van der Waals surface area contributed by atoms with Crippen LogP contribution in [0, 0.1) is 12.8 Å². The Hall–Kier alpha value is -1.84. The molecule has 24 heavy (non-hydrogen) atoms. The highest BCUT2D eigenvalue weighted by atomic mass is 16.2. The van der Waals surface area contributed by atoms with Crippen LogP contribution in [-0.4, -0.2) is 33.4 Å². The van der Waals surface area contributed by atoms with E-state index in [0.29, 0.717) is 17.7 Å². The zero-order chi connectivity index (χ0) is 16.7. The first-order valence-corrected chi connectivity index (χ1v) is 9.34. The molecule has 4 heteroatoms. The molecule has 1 aliphatic carbocycles. The molecule has 2 aliphatic rings. The van der Waals surface area contributed by atoms with E-state index in [9.17, 15) is 4.79 Å². The molecule has 0 unspecified atom stereocenters. The Morgan fingerprint density at radius 3 is 2.58 bits per heavy atom. The summed E-state index contributed by atoms with van der Waals surface area (Å²) in [6, 6.07) is 2.10. The van der Waals surface area contributed by atoms with Gasteiger partial charge in [0, 0.05) is 43.8 Å². The molecule has 2 aromatic heterocycles. The van der Waals surface area contributed by atoms with Crippen LogP contribution in [0.5, 0.6) is 0 Å². The third kappa shape index (κ3) is 2.62. The number of pyridine rings is 1. The summed E-state index contributed by atoms with van der Waals surface area (Å²) in [6.45, 7) is 4.00. The van der Waals surface area contributed by atoms with Crippen LogP contribution in [0.2, 0.25) is 0 Å². The number of carbonyl (C=O) groups excluding carboxylic acids is 1. The SMILES string of the molecule is Cc1ccnc2c1c(C1CCN(C(=O)C3CCCC3)CC1)cn2C. The molecule has 1 amide bonds. The van der Waals surface area contributed by atoms with Gasteiger partial charge in [0.15, 0.2) is 0 Å². The van der Waals surface area contributed by atoms with Gasteiger partial charge in [-0.1, -0.05) is 12.8 Å². The van der Waals surface area contributed by atoms with Crippen LogP contribution in [0.25, 0.3) is 11.0 Å². The third-order valence-corrected chi connectivity index (χ3v) is 6.05. The molecule has 4 nitrogen and oxygen atoms in total. The first-order valence-electron chi connectivity index (χ1n) is 9.34. The molecule has 0 spiro atoms.